The number of nitrogens with one attached hydrogen (secondary N) is 2. The predicted molar refractivity (Wildman–Crippen MR) is 78.1 cm³/mol. The number of hydrogen-bond acceptors (Lipinski definition) is 2. The van der Waals surface area contributed by atoms with E-state index in [4.69, 9.17) is 0 Å². The fraction of sp³-hybridized carbons (Fsp3) is 0.562. The summed E-state index contributed by atoms with van der Waals surface area (Å²) in [6.45, 7) is 3.92. The number of carbonyl (C=O) groups is 1. The van der Waals surface area contributed by atoms with Crippen molar-refractivity contribution in [2.45, 2.75) is 32.6 Å². The van der Waals surface area contributed by atoms with Crippen molar-refractivity contribution in [3.8, 4) is 0 Å². The van der Waals surface area contributed by atoms with Crippen LogP contribution in [0.25, 0.3) is 0 Å². The monoisotopic (exact) mass is 260 g/mol. The maximum Gasteiger partial charge on any atom is 0.220 e. The number of benzene rings is 1. The van der Waals surface area contributed by atoms with Crippen LogP contribution in [0.5, 0.6) is 0 Å². The van der Waals surface area contributed by atoms with Crippen molar-refractivity contribution in [3.05, 3.63) is 35.4 Å². The van der Waals surface area contributed by atoms with Gasteiger partial charge in [-0.15, -0.1) is 0 Å². The van der Waals surface area contributed by atoms with Gasteiger partial charge < -0.3 is 10.6 Å². The Morgan fingerprint density at radius 3 is 2.63 bits per heavy atom. The van der Waals surface area contributed by atoms with Crippen LogP contribution in [0.3, 0.4) is 0 Å². The van der Waals surface area contributed by atoms with Crippen molar-refractivity contribution in [1.82, 2.24) is 10.6 Å². The lowest BCUT2D eigenvalue weighted by Crippen LogP contribution is -2.35. The summed E-state index contributed by atoms with van der Waals surface area (Å²) in [5, 5.41) is 6.29. The normalized spacial score (nSPS) is 16.1. The van der Waals surface area contributed by atoms with Crippen molar-refractivity contribution in [2.24, 2.45) is 5.41 Å². The number of amides is 1. The average molecular weight is 260 g/mol. The molecule has 3 heteroatoms. The fourth-order valence-electron chi connectivity index (χ4n) is 2.48. The van der Waals surface area contributed by atoms with Gasteiger partial charge in [-0.05, 0) is 44.4 Å². The highest BCUT2D eigenvalue weighted by Crippen LogP contribution is 2.44. The van der Waals surface area contributed by atoms with E-state index in [9.17, 15) is 4.79 Å². The van der Waals surface area contributed by atoms with Crippen LogP contribution in [0.1, 0.15) is 30.4 Å². The lowest BCUT2D eigenvalue weighted by atomic mass is 10.0. The summed E-state index contributed by atoms with van der Waals surface area (Å²) in [5.41, 5.74) is 2.88. The second kappa shape index (κ2) is 6.20. The molecule has 1 fully saturated rings. The average Bonchev–Trinajstić information content (AvgIpc) is 3.16. The Morgan fingerprint density at radius 2 is 2.00 bits per heavy atom. The minimum atomic E-state index is 0.172. The van der Waals surface area contributed by atoms with Gasteiger partial charge in [0.25, 0.3) is 0 Å². The van der Waals surface area contributed by atoms with Gasteiger partial charge in [0.2, 0.25) is 5.91 Å². The summed E-state index contributed by atoms with van der Waals surface area (Å²) in [4.78, 5) is 11.9. The van der Waals surface area contributed by atoms with Gasteiger partial charge in [-0.25, -0.2) is 0 Å². The topological polar surface area (TPSA) is 41.1 Å². The molecule has 0 aromatic heterocycles. The van der Waals surface area contributed by atoms with Crippen LogP contribution in [0, 0.1) is 12.3 Å². The first-order valence-corrected chi connectivity index (χ1v) is 7.11. The molecule has 1 amide bonds. The SMILES string of the molecule is CNCC1(CNC(=O)CCc2ccccc2C)CC1. The maximum absolute atomic E-state index is 11.9. The van der Waals surface area contributed by atoms with E-state index in [-0.39, 0.29) is 5.91 Å². The Kier molecular flexibility index (Phi) is 4.59. The maximum atomic E-state index is 11.9. The second-order valence-electron chi connectivity index (χ2n) is 5.73. The Labute approximate surface area is 115 Å². The quantitative estimate of drug-likeness (QED) is 0.788. The summed E-state index contributed by atoms with van der Waals surface area (Å²) in [7, 11) is 1.97. The molecule has 0 radical (unpaired) electrons. The zero-order chi connectivity index (χ0) is 13.7. The molecule has 1 aliphatic carbocycles. The van der Waals surface area contributed by atoms with Crippen LogP contribution in [-0.4, -0.2) is 26.0 Å². The van der Waals surface area contributed by atoms with Gasteiger partial charge in [0.05, 0.1) is 0 Å². The highest BCUT2D eigenvalue weighted by molar-refractivity contribution is 5.76. The molecule has 1 aromatic rings. The van der Waals surface area contributed by atoms with E-state index < -0.39 is 0 Å². The van der Waals surface area contributed by atoms with Crippen LogP contribution in [-0.2, 0) is 11.2 Å². The molecule has 0 bridgehead atoms. The van der Waals surface area contributed by atoms with Crippen LogP contribution in [0.4, 0.5) is 0 Å². The van der Waals surface area contributed by atoms with E-state index in [0.29, 0.717) is 11.8 Å². The number of aryl methyl sites for hydroxylation is 2. The van der Waals surface area contributed by atoms with Crippen LogP contribution in [0.15, 0.2) is 24.3 Å². The van der Waals surface area contributed by atoms with E-state index in [2.05, 4.69) is 29.7 Å². The fourth-order valence-corrected chi connectivity index (χ4v) is 2.48. The van der Waals surface area contributed by atoms with E-state index in [0.717, 1.165) is 19.5 Å². The van der Waals surface area contributed by atoms with Crippen molar-refractivity contribution in [2.75, 3.05) is 20.1 Å². The second-order valence-corrected chi connectivity index (χ2v) is 5.73. The first-order valence-electron chi connectivity index (χ1n) is 7.11. The molecule has 0 atom stereocenters. The molecular weight excluding hydrogens is 236 g/mol. The van der Waals surface area contributed by atoms with Gasteiger partial charge in [-0.3, -0.25) is 4.79 Å². The third-order valence-corrected chi connectivity index (χ3v) is 4.05. The molecule has 0 aliphatic heterocycles. The number of carbonyl (C=O) groups excluding carboxylic acids is 1. The van der Waals surface area contributed by atoms with Gasteiger partial charge >= 0.3 is 0 Å². The molecule has 0 unspecified atom stereocenters. The molecule has 1 saturated carbocycles. The van der Waals surface area contributed by atoms with Crippen molar-refractivity contribution in [1.29, 1.82) is 0 Å². The largest absolute Gasteiger partial charge is 0.355 e. The summed E-state index contributed by atoms with van der Waals surface area (Å²) in [6.07, 6.45) is 3.87. The summed E-state index contributed by atoms with van der Waals surface area (Å²) in [5.74, 6) is 0.172. The smallest absolute Gasteiger partial charge is 0.220 e. The first-order chi connectivity index (χ1) is 9.15. The van der Waals surface area contributed by atoms with E-state index in [1.807, 2.05) is 19.2 Å². The minimum absolute atomic E-state index is 0.172. The van der Waals surface area contributed by atoms with Crippen LogP contribution < -0.4 is 10.6 Å². The van der Waals surface area contributed by atoms with Gasteiger partial charge in [-0.2, -0.15) is 0 Å². The predicted octanol–water partition coefficient (Wildman–Crippen LogP) is 2.04. The Hall–Kier alpha value is -1.35. The zero-order valence-electron chi connectivity index (χ0n) is 12.0. The van der Waals surface area contributed by atoms with Gasteiger partial charge in [0.15, 0.2) is 0 Å². The molecule has 1 aliphatic rings. The van der Waals surface area contributed by atoms with Crippen molar-refractivity contribution in [3.63, 3.8) is 0 Å². The highest BCUT2D eigenvalue weighted by Gasteiger charge is 2.41. The van der Waals surface area contributed by atoms with Gasteiger partial charge in [0, 0.05) is 24.9 Å². The summed E-state index contributed by atoms with van der Waals surface area (Å²) >= 11 is 0. The zero-order valence-corrected chi connectivity index (χ0v) is 12.0. The minimum Gasteiger partial charge on any atom is -0.355 e. The lowest BCUT2D eigenvalue weighted by molar-refractivity contribution is -0.121. The Balaban J connectivity index is 1.72. The molecule has 1 aromatic carbocycles. The van der Waals surface area contributed by atoms with E-state index in [1.54, 1.807) is 0 Å². The molecule has 0 saturated heterocycles. The molecule has 2 N–H and O–H groups in total. The molecule has 104 valence electrons. The van der Waals surface area contributed by atoms with E-state index in [1.165, 1.54) is 24.0 Å². The lowest BCUT2D eigenvalue weighted by Gasteiger charge is -2.15. The summed E-state index contributed by atoms with van der Waals surface area (Å²) in [6, 6.07) is 8.27. The third-order valence-electron chi connectivity index (χ3n) is 4.05. The Bertz CT molecular complexity index is 438. The van der Waals surface area contributed by atoms with Crippen LogP contribution >= 0.6 is 0 Å². The standard InChI is InChI=1S/C16H24N2O/c1-13-5-3-4-6-14(13)7-8-15(19)18-12-16(9-10-16)11-17-2/h3-6,17H,7-12H2,1-2H3,(H,18,19). The summed E-state index contributed by atoms with van der Waals surface area (Å²) < 4.78 is 0. The molecule has 0 spiro atoms. The van der Waals surface area contributed by atoms with Crippen molar-refractivity contribution >= 4 is 5.91 Å². The van der Waals surface area contributed by atoms with Gasteiger partial charge in [0.1, 0.15) is 0 Å². The van der Waals surface area contributed by atoms with Crippen molar-refractivity contribution < 1.29 is 4.79 Å². The number of rotatable bonds is 7. The van der Waals surface area contributed by atoms with Crippen LogP contribution in [0.2, 0.25) is 0 Å². The molecule has 3 nitrogen and oxygen atoms in total. The van der Waals surface area contributed by atoms with E-state index >= 15 is 0 Å². The third kappa shape index (κ3) is 4.06. The highest BCUT2D eigenvalue weighted by atomic mass is 16.1. The number of hydrogen-bond donors (Lipinski definition) is 2. The first kappa shape index (κ1) is 14.1. The van der Waals surface area contributed by atoms with Gasteiger partial charge in [-0.1, -0.05) is 24.3 Å². The molecular formula is C16H24N2O. The Morgan fingerprint density at radius 1 is 1.26 bits per heavy atom. The molecule has 0 heterocycles. The molecule has 19 heavy (non-hydrogen) atoms. The molecule has 2 rings (SSSR count).